The Balaban J connectivity index is 2.89. The number of aromatic nitrogens is 1. The first kappa shape index (κ1) is 24.1. The Morgan fingerprint density at radius 1 is 1.23 bits per heavy atom. The van der Waals surface area contributed by atoms with Gasteiger partial charge in [-0.05, 0) is 81.8 Å². The second kappa shape index (κ2) is 8.52. The van der Waals surface area contributed by atoms with Gasteiger partial charge in [0.15, 0.2) is 16.1 Å². The highest BCUT2D eigenvalue weighted by Crippen LogP contribution is 2.46. The Bertz CT molecular complexity index is 1040. The molecular formula is C21H22Br2FN3O3. The number of amides is 1. The van der Waals surface area contributed by atoms with Gasteiger partial charge in [-0.1, -0.05) is 20.8 Å². The maximum Gasteiger partial charge on any atom is 0.412 e. The van der Waals surface area contributed by atoms with Crippen LogP contribution >= 0.6 is 31.9 Å². The van der Waals surface area contributed by atoms with Crippen molar-refractivity contribution < 1.29 is 19.0 Å². The van der Waals surface area contributed by atoms with Crippen LogP contribution in [-0.2, 0) is 5.41 Å². The van der Waals surface area contributed by atoms with E-state index in [0.29, 0.717) is 4.47 Å². The number of ether oxygens (including phenoxy) is 1. The lowest BCUT2D eigenvalue weighted by Crippen LogP contribution is -2.45. The van der Waals surface area contributed by atoms with Crippen LogP contribution in [-0.4, -0.2) is 21.7 Å². The van der Waals surface area contributed by atoms with E-state index in [1.165, 1.54) is 6.07 Å². The highest BCUT2D eigenvalue weighted by Gasteiger charge is 2.34. The number of benzene rings is 1. The highest BCUT2D eigenvalue weighted by molar-refractivity contribution is 9.10. The molecule has 0 bridgehead atoms. The van der Waals surface area contributed by atoms with Gasteiger partial charge in [-0.25, -0.2) is 9.78 Å². The second-order valence-electron chi connectivity index (χ2n) is 8.64. The minimum absolute atomic E-state index is 0.0309. The summed E-state index contributed by atoms with van der Waals surface area (Å²) in [5.74, 6) is -0.379. The molecule has 9 heteroatoms. The first-order chi connectivity index (χ1) is 13.7. The summed E-state index contributed by atoms with van der Waals surface area (Å²) in [7, 11) is 0. The number of halogens is 3. The Kier molecular flexibility index (Phi) is 6.84. The van der Waals surface area contributed by atoms with Gasteiger partial charge in [0.1, 0.15) is 11.6 Å². The van der Waals surface area contributed by atoms with Crippen molar-refractivity contribution in [1.82, 2.24) is 4.98 Å². The molecule has 2 aromatic rings. The first-order valence-corrected chi connectivity index (χ1v) is 10.6. The van der Waals surface area contributed by atoms with Gasteiger partial charge in [-0.15, -0.1) is 0 Å². The number of hydrogen-bond acceptors (Lipinski definition) is 4. The van der Waals surface area contributed by atoms with Crippen LogP contribution in [0.2, 0.25) is 0 Å². The predicted octanol–water partition coefficient (Wildman–Crippen LogP) is 6.99. The van der Waals surface area contributed by atoms with Crippen molar-refractivity contribution >= 4 is 43.6 Å². The average molecular weight is 543 g/mol. The molecule has 0 radical (unpaired) electrons. The van der Waals surface area contributed by atoms with Crippen molar-refractivity contribution in [3.8, 4) is 17.6 Å². The maximum atomic E-state index is 13.4. The monoisotopic (exact) mass is 541 g/mol. The van der Waals surface area contributed by atoms with E-state index in [1.54, 1.807) is 26.8 Å². The van der Waals surface area contributed by atoms with E-state index in [1.807, 2.05) is 20.8 Å². The molecule has 0 spiro atoms. The lowest BCUT2D eigenvalue weighted by atomic mass is 9.85. The predicted molar refractivity (Wildman–Crippen MR) is 120 cm³/mol. The molecular weight excluding hydrogens is 521 g/mol. The fourth-order valence-electron chi connectivity index (χ4n) is 2.88. The zero-order valence-electron chi connectivity index (χ0n) is 17.5. The summed E-state index contributed by atoms with van der Waals surface area (Å²) in [4.78, 5) is 16.9. The summed E-state index contributed by atoms with van der Waals surface area (Å²) in [5, 5.41) is 19.9. The van der Waals surface area contributed by atoms with E-state index in [9.17, 15) is 19.6 Å². The summed E-state index contributed by atoms with van der Waals surface area (Å²) in [6.07, 6.45) is -1.20. The minimum atomic E-state index is -1.20. The second-order valence-corrected chi connectivity index (χ2v) is 10.2. The van der Waals surface area contributed by atoms with Crippen LogP contribution in [0.25, 0.3) is 0 Å². The average Bonchev–Trinajstić information content (AvgIpc) is 2.57. The van der Waals surface area contributed by atoms with Crippen LogP contribution in [0.3, 0.4) is 0 Å². The fraction of sp³-hybridized carbons (Fsp3) is 0.381. The number of carboxylic acid groups (broad SMARTS) is 1. The summed E-state index contributed by atoms with van der Waals surface area (Å²) in [5.41, 5.74) is -0.251. The molecule has 0 atom stereocenters. The van der Waals surface area contributed by atoms with Crippen molar-refractivity contribution in [3.05, 3.63) is 44.3 Å². The molecule has 1 aromatic heterocycles. The molecule has 2 rings (SSSR count). The summed E-state index contributed by atoms with van der Waals surface area (Å²) >= 11 is 6.68. The zero-order valence-corrected chi connectivity index (χ0v) is 20.6. The Morgan fingerprint density at radius 3 is 2.27 bits per heavy atom. The fourth-order valence-corrected chi connectivity index (χ4v) is 4.25. The highest BCUT2D eigenvalue weighted by atomic mass is 79.9. The van der Waals surface area contributed by atoms with E-state index in [-0.39, 0.29) is 27.4 Å². The van der Waals surface area contributed by atoms with Gasteiger partial charge < -0.3 is 9.84 Å². The molecule has 1 heterocycles. The first-order valence-electron chi connectivity index (χ1n) is 8.98. The van der Waals surface area contributed by atoms with Gasteiger partial charge in [0.2, 0.25) is 5.95 Å². The van der Waals surface area contributed by atoms with Gasteiger partial charge in [0.05, 0.1) is 10.2 Å². The lowest BCUT2D eigenvalue weighted by molar-refractivity contribution is 0.195. The Morgan fingerprint density at radius 2 is 1.83 bits per heavy atom. The molecule has 30 heavy (non-hydrogen) atoms. The third-order valence-corrected chi connectivity index (χ3v) is 5.57. The minimum Gasteiger partial charge on any atom is -0.465 e. The zero-order chi connectivity index (χ0) is 23.0. The molecule has 0 fully saturated rings. The van der Waals surface area contributed by atoms with Crippen LogP contribution in [0.4, 0.5) is 14.9 Å². The lowest BCUT2D eigenvalue weighted by Gasteiger charge is -2.35. The topological polar surface area (TPSA) is 86.5 Å². The summed E-state index contributed by atoms with van der Waals surface area (Å²) < 4.78 is 20.0. The Hall–Kier alpha value is -2.18. The quantitative estimate of drug-likeness (QED) is 0.422. The van der Waals surface area contributed by atoms with Crippen LogP contribution in [0.15, 0.2) is 27.3 Å². The molecule has 0 aliphatic rings. The molecule has 0 saturated carbocycles. The molecule has 0 saturated heterocycles. The van der Waals surface area contributed by atoms with E-state index in [0.717, 1.165) is 16.5 Å². The third-order valence-electron chi connectivity index (χ3n) is 4.22. The van der Waals surface area contributed by atoms with E-state index < -0.39 is 23.0 Å². The van der Waals surface area contributed by atoms with Gasteiger partial charge >= 0.3 is 6.09 Å². The molecule has 6 nitrogen and oxygen atoms in total. The molecule has 0 unspecified atom stereocenters. The number of nitrogens with zero attached hydrogens (tertiary/aromatic N) is 3. The molecule has 1 N–H and O–H groups in total. The van der Waals surface area contributed by atoms with Gasteiger partial charge in [0, 0.05) is 5.54 Å². The maximum absolute atomic E-state index is 13.4. The number of hydrogen-bond donors (Lipinski definition) is 1. The van der Waals surface area contributed by atoms with Gasteiger partial charge in [0.25, 0.3) is 0 Å². The van der Waals surface area contributed by atoms with Gasteiger partial charge in [-0.3, -0.25) is 4.90 Å². The number of anilines is 1. The van der Waals surface area contributed by atoms with Crippen LogP contribution in [0.5, 0.6) is 11.5 Å². The standard InChI is InChI=1S/C21H22Br2FN3O3/c1-20(2,3)12-9-13(27(19(28)29)21(4,5)6)11(10-25)17(16(12)22)30-14-7-8-15(24)26-18(14)23/h7-9H,1-6H3,(H,28,29). The van der Waals surface area contributed by atoms with Crippen molar-refractivity contribution in [2.75, 3.05) is 4.90 Å². The Labute approximate surface area is 191 Å². The summed E-state index contributed by atoms with van der Waals surface area (Å²) in [6, 6.07) is 6.27. The number of nitriles is 1. The van der Waals surface area contributed by atoms with Gasteiger partial charge in [-0.2, -0.15) is 9.65 Å². The summed E-state index contributed by atoms with van der Waals surface area (Å²) in [6.45, 7) is 11.1. The number of rotatable bonds is 3. The van der Waals surface area contributed by atoms with E-state index >= 15 is 0 Å². The van der Waals surface area contributed by atoms with Crippen molar-refractivity contribution in [2.45, 2.75) is 52.5 Å². The molecule has 1 aromatic carbocycles. The number of carbonyl (C=O) groups is 1. The van der Waals surface area contributed by atoms with Crippen molar-refractivity contribution in [3.63, 3.8) is 0 Å². The van der Waals surface area contributed by atoms with Crippen LogP contribution < -0.4 is 9.64 Å². The normalized spacial score (nSPS) is 11.7. The number of pyridine rings is 1. The molecule has 1 amide bonds. The van der Waals surface area contributed by atoms with Crippen LogP contribution in [0.1, 0.15) is 52.7 Å². The smallest absolute Gasteiger partial charge is 0.412 e. The molecule has 0 aliphatic heterocycles. The van der Waals surface area contributed by atoms with Crippen molar-refractivity contribution in [2.24, 2.45) is 0 Å². The van der Waals surface area contributed by atoms with Crippen molar-refractivity contribution in [1.29, 1.82) is 5.26 Å². The van der Waals surface area contributed by atoms with E-state index in [2.05, 4.69) is 42.9 Å². The SMILES string of the molecule is CC(C)(C)c1cc(N(C(=O)O)C(C)(C)C)c(C#N)c(Oc2ccc(F)nc2Br)c1Br. The molecule has 0 aliphatic carbocycles. The molecule has 160 valence electrons. The van der Waals surface area contributed by atoms with E-state index in [4.69, 9.17) is 4.74 Å². The third kappa shape index (κ3) is 4.93. The largest absolute Gasteiger partial charge is 0.465 e. The van der Waals surface area contributed by atoms with Crippen LogP contribution in [0, 0.1) is 17.3 Å².